The van der Waals surface area contributed by atoms with Crippen molar-refractivity contribution in [2.45, 2.75) is 38.2 Å². The van der Waals surface area contributed by atoms with E-state index in [0.717, 1.165) is 11.1 Å². The van der Waals surface area contributed by atoms with Gasteiger partial charge in [-0.1, -0.05) is 42.5 Å². The number of benzene rings is 2. The first kappa shape index (κ1) is 18.4. The largest absolute Gasteiger partial charge is 0.366 e. The van der Waals surface area contributed by atoms with Crippen LogP contribution in [0.3, 0.4) is 0 Å². The van der Waals surface area contributed by atoms with Gasteiger partial charge in [-0.25, -0.2) is 8.78 Å². The number of alkyl halides is 2. The van der Waals surface area contributed by atoms with Crippen molar-refractivity contribution in [1.82, 2.24) is 5.32 Å². The predicted molar refractivity (Wildman–Crippen MR) is 94.6 cm³/mol. The molecule has 1 heterocycles. The van der Waals surface area contributed by atoms with E-state index in [1.54, 1.807) is 6.07 Å². The molecule has 0 bridgehead atoms. The van der Waals surface area contributed by atoms with Crippen LogP contribution in [0.5, 0.6) is 0 Å². The van der Waals surface area contributed by atoms with E-state index in [2.05, 4.69) is 5.32 Å². The third-order valence-electron chi connectivity index (χ3n) is 4.62. The number of carbonyl (C=O) groups excluding carboxylic acids is 1. The lowest BCUT2D eigenvalue weighted by atomic mass is 9.93. The van der Waals surface area contributed by atoms with Crippen LogP contribution in [0.15, 0.2) is 48.5 Å². The number of rotatable bonds is 5. The molecule has 1 aliphatic rings. The van der Waals surface area contributed by atoms with E-state index in [1.807, 2.05) is 37.3 Å². The minimum Gasteiger partial charge on any atom is -0.366 e. The number of anilines is 1. The van der Waals surface area contributed by atoms with Gasteiger partial charge in [0, 0.05) is 11.3 Å². The van der Waals surface area contributed by atoms with E-state index in [9.17, 15) is 18.7 Å². The van der Waals surface area contributed by atoms with Crippen molar-refractivity contribution in [1.29, 1.82) is 0 Å². The van der Waals surface area contributed by atoms with Crippen molar-refractivity contribution in [2.75, 3.05) is 4.90 Å². The summed E-state index contributed by atoms with van der Waals surface area (Å²) in [5.41, 5.74) is 7.33. The summed E-state index contributed by atoms with van der Waals surface area (Å²) in [6.07, 6.45) is -3.70. The molecule has 1 amide bonds. The number of aliphatic hydroxyl groups is 1. The van der Waals surface area contributed by atoms with Gasteiger partial charge in [-0.15, -0.1) is 0 Å². The molecule has 0 radical (unpaired) electrons. The van der Waals surface area contributed by atoms with Crippen LogP contribution in [-0.2, 0) is 11.2 Å². The molecule has 3 atom stereocenters. The molecule has 2 aromatic rings. The van der Waals surface area contributed by atoms with Crippen LogP contribution in [0.4, 0.5) is 14.5 Å². The molecule has 0 spiro atoms. The van der Waals surface area contributed by atoms with Crippen LogP contribution < -0.4 is 16.0 Å². The average molecular weight is 361 g/mol. The Hall–Kier alpha value is -2.35. The number of nitrogens with one attached hydrogen (secondary N) is 1. The molecule has 4 N–H and O–H groups in total. The third-order valence-corrected chi connectivity index (χ3v) is 4.62. The van der Waals surface area contributed by atoms with E-state index in [4.69, 9.17) is 5.73 Å². The fraction of sp³-hybridized carbons (Fsp3) is 0.316. The topological polar surface area (TPSA) is 78.6 Å². The smallest absolute Gasteiger partial charge is 0.263 e. The van der Waals surface area contributed by atoms with Gasteiger partial charge >= 0.3 is 0 Å². The maximum absolute atomic E-state index is 13.2. The van der Waals surface area contributed by atoms with E-state index >= 15 is 0 Å². The van der Waals surface area contributed by atoms with Crippen molar-refractivity contribution >= 4 is 11.6 Å². The Labute approximate surface area is 150 Å². The Morgan fingerprint density at radius 3 is 2.50 bits per heavy atom. The van der Waals surface area contributed by atoms with Gasteiger partial charge in [-0.05, 0) is 30.5 Å². The summed E-state index contributed by atoms with van der Waals surface area (Å²) < 4.78 is 26.3. The lowest BCUT2D eigenvalue weighted by molar-refractivity contribution is -0.122. The highest BCUT2D eigenvalue weighted by atomic mass is 19.3. The van der Waals surface area contributed by atoms with Crippen LogP contribution in [0.1, 0.15) is 36.1 Å². The SMILES string of the molecule is C[C@@H](c1ccccc1)N1C(=O)[C@H](NC(N)O)Cc2ccc(C(F)F)cc21. The monoisotopic (exact) mass is 361 g/mol. The first-order valence-electron chi connectivity index (χ1n) is 8.37. The lowest BCUT2D eigenvalue weighted by Gasteiger charge is -2.39. The summed E-state index contributed by atoms with van der Waals surface area (Å²) in [5.74, 6) is -0.315. The molecule has 0 saturated heterocycles. The molecule has 1 unspecified atom stereocenters. The maximum atomic E-state index is 13.2. The highest BCUT2D eigenvalue weighted by molar-refractivity contribution is 6.01. The van der Waals surface area contributed by atoms with Gasteiger partial charge in [0.15, 0.2) is 6.35 Å². The molecule has 0 fully saturated rings. The summed E-state index contributed by atoms with van der Waals surface area (Å²) in [6, 6.07) is 12.6. The number of nitrogens with zero attached hydrogens (tertiary/aromatic N) is 1. The second-order valence-electron chi connectivity index (χ2n) is 6.35. The molecule has 1 aliphatic heterocycles. The number of fused-ring (bicyclic) bond motifs is 1. The normalized spacial score (nSPS) is 19.4. The molecule has 138 valence electrons. The zero-order valence-corrected chi connectivity index (χ0v) is 14.3. The zero-order valence-electron chi connectivity index (χ0n) is 14.3. The number of hydrogen-bond donors (Lipinski definition) is 3. The van der Waals surface area contributed by atoms with Crippen molar-refractivity contribution < 1.29 is 18.7 Å². The quantitative estimate of drug-likeness (QED) is 0.715. The molecule has 2 aromatic carbocycles. The Kier molecular flexibility index (Phi) is 5.31. The summed E-state index contributed by atoms with van der Waals surface area (Å²) in [5, 5.41) is 12.1. The van der Waals surface area contributed by atoms with Gasteiger partial charge in [0.2, 0.25) is 5.91 Å². The van der Waals surface area contributed by atoms with Crippen molar-refractivity contribution in [2.24, 2.45) is 5.73 Å². The number of carbonyl (C=O) groups is 1. The number of amides is 1. The van der Waals surface area contributed by atoms with Crippen molar-refractivity contribution in [3.8, 4) is 0 Å². The van der Waals surface area contributed by atoms with Crippen LogP contribution in [0.25, 0.3) is 0 Å². The van der Waals surface area contributed by atoms with Crippen LogP contribution >= 0.6 is 0 Å². The van der Waals surface area contributed by atoms with Gasteiger partial charge in [-0.3, -0.25) is 15.8 Å². The van der Waals surface area contributed by atoms with E-state index in [1.165, 1.54) is 17.0 Å². The second kappa shape index (κ2) is 7.49. The first-order chi connectivity index (χ1) is 12.4. The van der Waals surface area contributed by atoms with Crippen molar-refractivity contribution in [3.63, 3.8) is 0 Å². The Morgan fingerprint density at radius 1 is 1.19 bits per heavy atom. The molecule has 0 aliphatic carbocycles. The summed E-state index contributed by atoms with van der Waals surface area (Å²) in [6.45, 7) is 1.84. The number of hydrogen-bond acceptors (Lipinski definition) is 4. The van der Waals surface area contributed by atoms with Gasteiger partial charge in [0.1, 0.15) is 0 Å². The molecule has 26 heavy (non-hydrogen) atoms. The Bertz CT molecular complexity index is 784. The highest BCUT2D eigenvalue weighted by Crippen LogP contribution is 2.37. The fourth-order valence-electron chi connectivity index (χ4n) is 3.32. The molecule has 7 heteroatoms. The van der Waals surface area contributed by atoms with E-state index < -0.39 is 18.8 Å². The highest BCUT2D eigenvalue weighted by Gasteiger charge is 2.36. The minimum absolute atomic E-state index is 0.132. The standard InChI is InChI=1S/C19H21F2N3O2/c1-11(12-5-3-2-4-6-12)24-16-10-14(17(20)21)8-7-13(16)9-15(18(24)25)23-19(22)26/h2-8,10-11,15,17,19,23,26H,9,22H2,1H3/t11-,15+,19?/m0/s1. The van der Waals surface area contributed by atoms with Crippen LogP contribution in [0, 0.1) is 0 Å². The van der Waals surface area contributed by atoms with Gasteiger partial charge in [0.05, 0.1) is 12.1 Å². The Balaban J connectivity index is 2.07. The second-order valence-corrected chi connectivity index (χ2v) is 6.35. The Morgan fingerprint density at radius 2 is 1.88 bits per heavy atom. The van der Waals surface area contributed by atoms with Crippen molar-refractivity contribution in [3.05, 3.63) is 65.2 Å². The average Bonchev–Trinajstić information content (AvgIpc) is 2.62. The minimum atomic E-state index is -2.62. The first-order valence-corrected chi connectivity index (χ1v) is 8.37. The maximum Gasteiger partial charge on any atom is 0.263 e. The number of aliphatic hydroxyl groups excluding tert-OH is 1. The molecular formula is C19H21F2N3O2. The van der Waals surface area contributed by atoms with Gasteiger partial charge < -0.3 is 10.0 Å². The molecule has 3 rings (SSSR count). The molecule has 0 aromatic heterocycles. The predicted octanol–water partition coefficient (Wildman–Crippen LogP) is 2.47. The van der Waals surface area contributed by atoms with Gasteiger partial charge in [-0.2, -0.15) is 0 Å². The third kappa shape index (κ3) is 3.60. The molecule has 0 saturated carbocycles. The number of nitrogens with two attached hydrogens (primary N) is 1. The van der Waals surface area contributed by atoms with Crippen LogP contribution in [-0.4, -0.2) is 23.4 Å². The van der Waals surface area contributed by atoms with Gasteiger partial charge in [0.25, 0.3) is 6.43 Å². The summed E-state index contributed by atoms with van der Waals surface area (Å²) in [7, 11) is 0. The van der Waals surface area contributed by atoms with E-state index in [0.29, 0.717) is 5.69 Å². The van der Waals surface area contributed by atoms with E-state index in [-0.39, 0.29) is 23.9 Å². The molecule has 5 nitrogen and oxygen atoms in total. The fourth-order valence-corrected chi connectivity index (χ4v) is 3.32. The summed E-state index contributed by atoms with van der Waals surface area (Å²) in [4.78, 5) is 14.5. The zero-order chi connectivity index (χ0) is 18.8. The lowest BCUT2D eigenvalue weighted by Crippen LogP contribution is -2.56. The summed E-state index contributed by atoms with van der Waals surface area (Å²) >= 11 is 0. The number of halogens is 2. The molecular weight excluding hydrogens is 340 g/mol. The van der Waals surface area contributed by atoms with Crippen LogP contribution in [0.2, 0.25) is 0 Å².